The molecule has 0 spiro atoms. The summed E-state index contributed by atoms with van der Waals surface area (Å²) in [4.78, 5) is 7.23. The molecule has 3 nitrogen and oxygen atoms in total. The number of nitrogens with zero attached hydrogens (tertiary/aromatic N) is 2. The van der Waals surface area contributed by atoms with Gasteiger partial charge in [-0.25, -0.2) is 0 Å². The molecule has 2 aliphatic heterocycles. The van der Waals surface area contributed by atoms with Crippen LogP contribution in [0.15, 0.2) is 4.99 Å². The van der Waals surface area contributed by atoms with Crippen molar-refractivity contribution in [3.8, 4) is 0 Å². The summed E-state index contributed by atoms with van der Waals surface area (Å²) in [6, 6.07) is 0. The Morgan fingerprint density at radius 1 is 1.39 bits per heavy atom. The summed E-state index contributed by atoms with van der Waals surface area (Å²) >= 11 is 1.88. The fraction of sp³-hybridized carbons (Fsp3) is 0.929. The van der Waals surface area contributed by atoms with Crippen molar-refractivity contribution < 1.29 is 0 Å². The van der Waals surface area contributed by atoms with Crippen LogP contribution < -0.4 is 5.32 Å². The number of likely N-dealkylation sites (tertiary alicyclic amines) is 1. The van der Waals surface area contributed by atoms with Gasteiger partial charge in [0.15, 0.2) is 5.17 Å². The van der Waals surface area contributed by atoms with Crippen LogP contribution in [0, 0.1) is 11.3 Å². The Morgan fingerprint density at radius 2 is 2.11 bits per heavy atom. The average molecular weight is 269 g/mol. The normalized spacial score (nSPS) is 25.8. The van der Waals surface area contributed by atoms with Gasteiger partial charge in [-0.2, -0.15) is 0 Å². The van der Waals surface area contributed by atoms with Crippen LogP contribution in [0.1, 0.15) is 33.6 Å². The molecule has 0 amide bonds. The van der Waals surface area contributed by atoms with Gasteiger partial charge in [-0.15, -0.1) is 0 Å². The molecule has 1 saturated heterocycles. The van der Waals surface area contributed by atoms with Gasteiger partial charge in [0.25, 0.3) is 0 Å². The van der Waals surface area contributed by atoms with Crippen LogP contribution >= 0.6 is 11.8 Å². The molecule has 1 N–H and O–H groups in total. The van der Waals surface area contributed by atoms with Crippen molar-refractivity contribution in [1.29, 1.82) is 0 Å². The summed E-state index contributed by atoms with van der Waals surface area (Å²) in [6.45, 7) is 12.8. The van der Waals surface area contributed by atoms with Crippen molar-refractivity contribution in [1.82, 2.24) is 10.2 Å². The standard InChI is InChI=1S/C14H27N3S/c1-12(9-17-6-4-5-7-17)8-15-13-16-10-14(2,3)11-18-13/h12H,4-11H2,1-3H3,(H,15,16). The highest BCUT2D eigenvalue weighted by Gasteiger charge is 2.23. The van der Waals surface area contributed by atoms with E-state index in [1.54, 1.807) is 0 Å². The van der Waals surface area contributed by atoms with Crippen LogP contribution in [0.25, 0.3) is 0 Å². The Morgan fingerprint density at radius 3 is 2.72 bits per heavy atom. The lowest BCUT2D eigenvalue weighted by atomic mass is 9.97. The van der Waals surface area contributed by atoms with E-state index < -0.39 is 0 Å². The van der Waals surface area contributed by atoms with E-state index >= 15 is 0 Å². The van der Waals surface area contributed by atoms with Gasteiger partial charge in [0, 0.05) is 25.4 Å². The van der Waals surface area contributed by atoms with Crippen LogP contribution in [0.5, 0.6) is 0 Å². The SMILES string of the molecule is CC(CNC1=NCC(C)(C)CS1)CN1CCCC1. The number of thioether (sulfide) groups is 1. The quantitative estimate of drug-likeness (QED) is 0.849. The Balaban J connectivity index is 1.66. The van der Waals surface area contributed by atoms with Crippen molar-refractivity contribution >= 4 is 16.9 Å². The summed E-state index contributed by atoms with van der Waals surface area (Å²) in [5.74, 6) is 1.89. The monoisotopic (exact) mass is 269 g/mol. The van der Waals surface area contributed by atoms with Crippen molar-refractivity contribution in [2.24, 2.45) is 16.3 Å². The number of hydrogen-bond acceptors (Lipinski definition) is 4. The zero-order chi connectivity index (χ0) is 13.0. The molecule has 0 saturated carbocycles. The summed E-state index contributed by atoms with van der Waals surface area (Å²) in [5, 5.41) is 4.67. The minimum absolute atomic E-state index is 0.372. The summed E-state index contributed by atoms with van der Waals surface area (Å²) in [7, 11) is 0. The fourth-order valence-electron chi connectivity index (χ4n) is 2.48. The molecule has 2 heterocycles. The van der Waals surface area contributed by atoms with E-state index in [2.05, 4.69) is 36.0 Å². The molecule has 0 radical (unpaired) electrons. The van der Waals surface area contributed by atoms with Gasteiger partial charge in [-0.1, -0.05) is 32.5 Å². The number of nitrogens with one attached hydrogen (secondary N) is 1. The first-order valence-electron chi connectivity index (χ1n) is 7.19. The largest absolute Gasteiger partial charge is 0.365 e. The molecule has 0 bridgehead atoms. The van der Waals surface area contributed by atoms with Crippen molar-refractivity contribution in [2.75, 3.05) is 38.5 Å². The second kappa shape index (κ2) is 6.29. The zero-order valence-electron chi connectivity index (χ0n) is 12.0. The van der Waals surface area contributed by atoms with Gasteiger partial charge in [0.05, 0.1) is 0 Å². The first kappa shape index (κ1) is 14.2. The maximum Gasteiger partial charge on any atom is 0.156 e. The Kier molecular flexibility index (Phi) is 4.96. The molecular weight excluding hydrogens is 242 g/mol. The summed E-state index contributed by atoms with van der Waals surface area (Å²) < 4.78 is 0. The van der Waals surface area contributed by atoms with Gasteiger partial charge < -0.3 is 10.2 Å². The average Bonchev–Trinajstić information content (AvgIpc) is 2.80. The fourth-order valence-corrected chi connectivity index (χ4v) is 3.44. The molecule has 1 unspecified atom stereocenters. The highest BCUT2D eigenvalue weighted by atomic mass is 32.2. The van der Waals surface area contributed by atoms with Gasteiger partial charge in [0.2, 0.25) is 0 Å². The lowest BCUT2D eigenvalue weighted by Gasteiger charge is -2.28. The topological polar surface area (TPSA) is 27.6 Å². The number of rotatable bonds is 4. The predicted octanol–water partition coefficient (Wildman–Crippen LogP) is 2.44. The van der Waals surface area contributed by atoms with Gasteiger partial charge in [0.1, 0.15) is 0 Å². The van der Waals surface area contributed by atoms with Crippen LogP contribution in [-0.2, 0) is 0 Å². The Labute approximate surface area is 116 Å². The maximum absolute atomic E-state index is 4.64. The molecule has 0 aromatic rings. The van der Waals surface area contributed by atoms with E-state index in [9.17, 15) is 0 Å². The summed E-state index contributed by atoms with van der Waals surface area (Å²) in [6.07, 6.45) is 2.77. The molecule has 2 aliphatic rings. The van der Waals surface area contributed by atoms with Gasteiger partial charge in [-0.3, -0.25) is 4.99 Å². The summed E-state index contributed by atoms with van der Waals surface area (Å²) in [5.41, 5.74) is 0.372. The minimum atomic E-state index is 0.372. The van der Waals surface area contributed by atoms with Crippen LogP contribution in [0.3, 0.4) is 0 Å². The molecule has 0 aromatic carbocycles. The predicted molar refractivity (Wildman–Crippen MR) is 81.4 cm³/mol. The number of aliphatic imine (C=N–C) groups is 1. The number of amidine groups is 1. The smallest absolute Gasteiger partial charge is 0.156 e. The zero-order valence-corrected chi connectivity index (χ0v) is 12.9. The molecule has 4 heteroatoms. The van der Waals surface area contributed by atoms with E-state index in [4.69, 9.17) is 0 Å². The van der Waals surface area contributed by atoms with Crippen LogP contribution in [0.4, 0.5) is 0 Å². The van der Waals surface area contributed by atoms with Crippen LogP contribution in [-0.4, -0.2) is 48.5 Å². The highest BCUT2D eigenvalue weighted by molar-refractivity contribution is 8.13. The van der Waals surface area contributed by atoms with Gasteiger partial charge >= 0.3 is 0 Å². The van der Waals surface area contributed by atoms with Gasteiger partial charge in [-0.05, 0) is 37.3 Å². The molecule has 2 rings (SSSR count). The molecule has 0 aliphatic carbocycles. The van der Waals surface area contributed by atoms with Crippen molar-refractivity contribution in [2.45, 2.75) is 33.6 Å². The number of hydrogen-bond donors (Lipinski definition) is 1. The maximum atomic E-state index is 4.64. The van der Waals surface area contributed by atoms with E-state index in [1.807, 2.05) is 11.8 Å². The first-order valence-corrected chi connectivity index (χ1v) is 8.17. The van der Waals surface area contributed by atoms with Crippen LogP contribution in [0.2, 0.25) is 0 Å². The molecule has 18 heavy (non-hydrogen) atoms. The molecule has 0 aromatic heterocycles. The highest BCUT2D eigenvalue weighted by Crippen LogP contribution is 2.27. The van der Waals surface area contributed by atoms with E-state index in [-0.39, 0.29) is 0 Å². The van der Waals surface area contributed by atoms with Crippen molar-refractivity contribution in [3.05, 3.63) is 0 Å². The molecular formula is C14H27N3S. The molecule has 1 atom stereocenters. The Hall–Kier alpha value is -0.220. The minimum Gasteiger partial charge on any atom is -0.365 e. The third-order valence-electron chi connectivity index (χ3n) is 3.62. The van der Waals surface area contributed by atoms with E-state index in [1.165, 1.54) is 38.2 Å². The third-order valence-corrected chi connectivity index (χ3v) is 5.09. The third kappa shape index (κ3) is 4.47. The lowest BCUT2D eigenvalue weighted by Crippen LogP contribution is -2.36. The lowest BCUT2D eigenvalue weighted by molar-refractivity contribution is 0.288. The molecule has 1 fully saturated rings. The van der Waals surface area contributed by atoms with Crippen molar-refractivity contribution in [3.63, 3.8) is 0 Å². The second-order valence-electron chi connectivity index (χ2n) is 6.57. The second-order valence-corrected chi connectivity index (χ2v) is 7.53. The first-order chi connectivity index (χ1) is 8.55. The molecule has 104 valence electrons. The Bertz CT molecular complexity index is 295. The van der Waals surface area contributed by atoms with E-state index in [0.717, 1.165) is 18.3 Å². The van der Waals surface area contributed by atoms with E-state index in [0.29, 0.717) is 11.3 Å².